The highest BCUT2D eigenvalue weighted by Crippen LogP contribution is 2.28. The quantitative estimate of drug-likeness (QED) is 0.459. The predicted molar refractivity (Wildman–Crippen MR) is 136 cm³/mol. The van der Waals surface area contributed by atoms with Crippen molar-refractivity contribution >= 4 is 11.8 Å². The van der Waals surface area contributed by atoms with E-state index in [-0.39, 0.29) is 30.3 Å². The third kappa shape index (κ3) is 6.31. The number of aromatic nitrogens is 1. The Labute approximate surface area is 205 Å². The molecule has 0 radical (unpaired) electrons. The van der Waals surface area contributed by atoms with E-state index in [1.807, 2.05) is 11.0 Å². The summed E-state index contributed by atoms with van der Waals surface area (Å²) >= 11 is 0. The van der Waals surface area contributed by atoms with E-state index in [1.54, 1.807) is 0 Å². The van der Waals surface area contributed by atoms with E-state index in [9.17, 15) is 9.59 Å². The first kappa shape index (κ1) is 24.6. The molecule has 184 valence electrons. The number of amides is 2. The highest BCUT2D eigenvalue weighted by atomic mass is 16.2. The van der Waals surface area contributed by atoms with Crippen molar-refractivity contribution in [2.24, 2.45) is 5.92 Å². The van der Waals surface area contributed by atoms with Crippen molar-refractivity contribution in [1.29, 1.82) is 0 Å². The minimum atomic E-state index is 0.110. The summed E-state index contributed by atoms with van der Waals surface area (Å²) in [5.41, 5.74) is 2.42. The second-order valence-electron chi connectivity index (χ2n) is 10.2. The molecular weight excluding hydrogens is 422 g/mol. The van der Waals surface area contributed by atoms with Crippen LogP contribution in [0.1, 0.15) is 82.4 Å². The number of hydrogen-bond donors (Lipinski definition) is 0. The van der Waals surface area contributed by atoms with Crippen molar-refractivity contribution in [2.75, 3.05) is 13.1 Å². The molecule has 0 N–H and O–H groups in total. The third-order valence-corrected chi connectivity index (χ3v) is 7.62. The van der Waals surface area contributed by atoms with Crippen molar-refractivity contribution in [3.63, 3.8) is 0 Å². The molecule has 5 heteroatoms. The molecule has 2 aromatic rings. The molecule has 1 aromatic heterocycles. The number of hydrogen-bond acceptors (Lipinski definition) is 2. The van der Waals surface area contributed by atoms with Crippen LogP contribution in [0.3, 0.4) is 0 Å². The van der Waals surface area contributed by atoms with Gasteiger partial charge in [0.25, 0.3) is 0 Å². The van der Waals surface area contributed by atoms with Gasteiger partial charge in [0.1, 0.15) is 0 Å². The lowest BCUT2D eigenvalue weighted by atomic mass is 9.94. The molecule has 2 aliphatic carbocycles. The van der Waals surface area contributed by atoms with Gasteiger partial charge in [-0.05, 0) is 49.8 Å². The highest BCUT2D eigenvalue weighted by molar-refractivity contribution is 5.86. The lowest BCUT2D eigenvalue weighted by Crippen LogP contribution is -2.48. The Bertz CT molecular complexity index is 910. The summed E-state index contributed by atoms with van der Waals surface area (Å²) in [4.78, 5) is 30.9. The molecule has 4 rings (SSSR count). The lowest BCUT2D eigenvalue weighted by Gasteiger charge is -2.36. The normalized spacial score (nSPS) is 17.1. The van der Waals surface area contributed by atoms with E-state index in [0.29, 0.717) is 13.1 Å². The summed E-state index contributed by atoms with van der Waals surface area (Å²) in [6, 6.07) is 15.0. The fourth-order valence-electron chi connectivity index (χ4n) is 5.74. The Morgan fingerprint density at radius 3 is 2.32 bits per heavy atom. The molecule has 2 fully saturated rings. The first-order valence-electron chi connectivity index (χ1n) is 13.4. The molecule has 0 unspecified atom stereocenters. The van der Waals surface area contributed by atoms with Crippen LogP contribution in [0.4, 0.5) is 0 Å². The Morgan fingerprint density at radius 1 is 0.912 bits per heavy atom. The number of nitrogens with zero attached hydrogens (tertiary/aromatic N) is 3. The molecule has 0 atom stereocenters. The van der Waals surface area contributed by atoms with Crippen LogP contribution >= 0.6 is 0 Å². The summed E-state index contributed by atoms with van der Waals surface area (Å²) in [5.74, 6) is 0.425. The Kier molecular flexibility index (Phi) is 8.84. The molecule has 1 aromatic carbocycles. The molecule has 0 aliphatic heterocycles. The van der Waals surface area contributed by atoms with Crippen LogP contribution in [0.5, 0.6) is 0 Å². The van der Waals surface area contributed by atoms with Crippen molar-refractivity contribution in [3.05, 3.63) is 59.9 Å². The molecule has 0 bridgehead atoms. The zero-order chi connectivity index (χ0) is 23.8. The molecule has 0 saturated heterocycles. The molecule has 2 amide bonds. The van der Waals surface area contributed by atoms with E-state index in [2.05, 4.69) is 59.0 Å². The zero-order valence-corrected chi connectivity index (χ0v) is 20.8. The maximum atomic E-state index is 13.8. The van der Waals surface area contributed by atoms with Gasteiger partial charge in [0.05, 0.1) is 13.1 Å². The smallest absolute Gasteiger partial charge is 0.242 e. The first-order chi connectivity index (χ1) is 16.7. The van der Waals surface area contributed by atoms with Crippen LogP contribution in [0, 0.1) is 5.92 Å². The number of benzene rings is 1. The van der Waals surface area contributed by atoms with Gasteiger partial charge in [-0.25, -0.2) is 0 Å². The van der Waals surface area contributed by atoms with Gasteiger partial charge in [-0.3, -0.25) is 9.59 Å². The fraction of sp³-hybridized carbons (Fsp3) is 0.586. The number of rotatable bonds is 10. The predicted octanol–water partition coefficient (Wildman–Crippen LogP) is 5.63. The zero-order valence-electron chi connectivity index (χ0n) is 20.8. The van der Waals surface area contributed by atoms with Gasteiger partial charge < -0.3 is 14.4 Å². The second kappa shape index (κ2) is 12.2. The van der Waals surface area contributed by atoms with Gasteiger partial charge in [0.2, 0.25) is 11.8 Å². The van der Waals surface area contributed by atoms with Crippen LogP contribution in [0.15, 0.2) is 48.7 Å². The average Bonchev–Trinajstić information content (AvgIpc) is 3.55. The van der Waals surface area contributed by atoms with Crippen molar-refractivity contribution in [3.8, 4) is 0 Å². The Morgan fingerprint density at radius 2 is 1.62 bits per heavy atom. The molecule has 0 spiro atoms. The summed E-state index contributed by atoms with van der Waals surface area (Å²) in [6.07, 6.45) is 13.0. The SMILES string of the molecule is CCCN(CC(=O)N(Cc1cccn1Cc1ccccc1)C1CCCCC1)C(=O)C1CCCC1. The van der Waals surface area contributed by atoms with Gasteiger partial charge in [-0.2, -0.15) is 0 Å². The first-order valence-corrected chi connectivity index (χ1v) is 13.4. The van der Waals surface area contributed by atoms with Gasteiger partial charge in [0.15, 0.2) is 0 Å². The average molecular weight is 464 g/mol. The largest absolute Gasteiger partial charge is 0.345 e. The standard InChI is InChI=1S/C29H41N3O2/c1-2-19-31(29(34)25-14-9-10-15-25)23-28(33)32(26-16-7-4-8-17-26)22-27-18-11-20-30(27)21-24-12-5-3-6-13-24/h3,5-6,11-13,18,20,25-26H,2,4,7-10,14-17,19,21-23H2,1H3. The van der Waals surface area contributed by atoms with Crippen LogP contribution < -0.4 is 0 Å². The van der Waals surface area contributed by atoms with Gasteiger partial charge in [0, 0.05) is 36.9 Å². The van der Waals surface area contributed by atoms with Crippen LogP contribution in [-0.4, -0.2) is 45.3 Å². The molecule has 34 heavy (non-hydrogen) atoms. The van der Waals surface area contributed by atoms with Gasteiger partial charge in [-0.1, -0.05) is 69.4 Å². The summed E-state index contributed by atoms with van der Waals surface area (Å²) in [6.45, 7) is 4.40. The fourth-order valence-corrected chi connectivity index (χ4v) is 5.74. The van der Waals surface area contributed by atoms with E-state index in [4.69, 9.17) is 0 Å². The number of carbonyl (C=O) groups is 2. The van der Waals surface area contributed by atoms with Crippen LogP contribution in [-0.2, 0) is 22.7 Å². The van der Waals surface area contributed by atoms with E-state index < -0.39 is 0 Å². The molecular formula is C29H41N3O2. The van der Waals surface area contributed by atoms with E-state index in [0.717, 1.165) is 57.2 Å². The highest BCUT2D eigenvalue weighted by Gasteiger charge is 2.31. The summed E-state index contributed by atoms with van der Waals surface area (Å²) < 4.78 is 2.26. The maximum absolute atomic E-state index is 13.8. The second-order valence-corrected chi connectivity index (χ2v) is 10.2. The summed E-state index contributed by atoms with van der Waals surface area (Å²) in [5, 5.41) is 0. The topological polar surface area (TPSA) is 45.6 Å². The Balaban J connectivity index is 1.50. The minimum Gasteiger partial charge on any atom is -0.345 e. The molecule has 1 heterocycles. The molecule has 2 aliphatic rings. The summed E-state index contributed by atoms with van der Waals surface area (Å²) in [7, 11) is 0. The minimum absolute atomic E-state index is 0.110. The number of carbonyl (C=O) groups excluding carboxylic acids is 2. The maximum Gasteiger partial charge on any atom is 0.242 e. The monoisotopic (exact) mass is 463 g/mol. The third-order valence-electron chi connectivity index (χ3n) is 7.62. The van der Waals surface area contributed by atoms with Crippen molar-refractivity contribution in [1.82, 2.24) is 14.4 Å². The molecule has 5 nitrogen and oxygen atoms in total. The molecule has 2 saturated carbocycles. The van der Waals surface area contributed by atoms with Crippen molar-refractivity contribution < 1.29 is 9.59 Å². The van der Waals surface area contributed by atoms with Gasteiger partial charge in [-0.15, -0.1) is 0 Å². The Hall–Kier alpha value is -2.56. The van der Waals surface area contributed by atoms with E-state index in [1.165, 1.54) is 24.8 Å². The van der Waals surface area contributed by atoms with Crippen LogP contribution in [0.25, 0.3) is 0 Å². The van der Waals surface area contributed by atoms with E-state index >= 15 is 0 Å². The lowest BCUT2D eigenvalue weighted by molar-refractivity contribution is -0.144. The van der Waals surface area contributed by atoms with Crippen LogP contribution in [0.2, 0.25) is 0 Å². The van der Waals surface area contributed by atoms with Gasteiger partial charge >= 0.3 is 0 Å². The van der Waals surface area contributed by atoms with Crippen molar-refractivity contribution in [2.45, 2.75) is 90.3 Å².